The first-order valence-electron chi connectivity index (χ1n) is 8.55. The van der Waals surface area contributed by atoms with Crippen molar-refractivity contribution < 1.29 is 0 Å². The van der Waals surface area contributed by atoms with E-state index in [4.69, 9.17) is 0 Å². The summed E-state index contributed by atoms with van der Waals surface area (Å²) in [6.45, 7) is 0.609. The summed E-state index contributed by atoms with van der Waals surface area (Å²) >= 11 is 0. The lowest BCUT2D eigenvalue weighted by Crippen LogP contribution is -2.33. The Morgan fingerprint density at radius 3 is 2.52 bits per heavy atom. The molecule has 8 nitrogen and oxygen atoms in total. The molecule has 5 heterocycles. The lowest BCUT2D eigenvalue weighted by Gasteiger charge is -2.22. The second-order valence-electron chi connectivity index (χ2n) is 6.84. The maximum absolute atomic E-state index is 4.42. The van der Waals surface area contributed by atoms with Gasteiger partial charge in [0.1, 0.15) is 12.0 Å². The molecular weight excluding hydrogens is 316 g/mol. The molecule has 8 heteroatoms. The molecule has 2 fully saturated rings. The van der Waals surface area contributed by atoms with Crippen molar-refractivity contribution in [3.63, 3.8) is 0 Å². The number of nitrogens with one attached hydrogen (secondary N) is 1. The third-order valence-electron chi connectivity index (χ3n) is 5.22. The van der Waals surface area contributed by atoms with E-state index in [1.54, 1.807) is 12.4 Å². The van der Waals surface area contributed by atoms with Gasteiger partial charge < -0.3 is 5.32 Å². The molecule has 3 aromatic heterocycles. The van der Waals surface area contributed by atoms with Crippen molar-refractivity contribution >= 4 is 0 Å². The van der Waals surface area contributed by atoms with Crippen molar-refractivity contribution in [1.29, 1.82) is 0 Å². The summed E-state index contributed by atoms with van der Waals surface area (Å²) in [4.78, 5) is 16.8. The molecule has 25 heavy (non-hydrogen) atoms. The molecule has 0 aromatic carbocycles. The first-order valence-corrected chi connectivity index (χ1v) is 8.55. The van der Waals surface area contributed by atoms with E-state index in [0.29, 0.717) is 18.4 Å². The fourth-order valence-corrected chi connectivity index (χ4v) is 3.90. The minimum atomic E-state index is 0.0522. The zero-order valence-corrected chi connectivity index (χ0v) is 13.7. The number of nitrogens with zero attached hydrogens (tertiary/aromatic N) is 7. The minimum absolute atomic E-state index is 0.0522. The van der Waals surface area contributed by atoms with Crippen LogP contribution in [0.3, 0.4) is 0 Å². The summed E-state index contributed by atoms with van der Waals surface area (Å²) in [5, 5.41) is 12.4. The zero-order valence-electron chi connectivity index (χ0n) is 13.7. The molecule has 0 radical (unpaired) electrons. The maximum Gasteiger partial charge on any atom is 0.162 e. The Hall–Kier alpha value is -2.74. The number of hydrogen-bond donors (Lipinski definition) is 1. The Balaban J connectivity index is 1.33. The van der Waals surface area contributed by atoms with Crippen LogP contribution in [-0.2, 0) is 12.1 Å². The average Bonchev–Trinajstić information content (AvgIpc) is 3.40. The third kappa shape index (κ3) is 2.58. The Bertz CT molecular complexity index is 865. The van der Waals surface area contributed by atoms with E-state index >= 15 is 0 Å². The first-order chi connectivity index (χ1) is 12.3. The van der Waals surface area contributed by atoms with Gasteiger partial charge in [0.2, 0.25) is 0 Å². The summed E-state index contributed by atoms with van der Waals surface area (Å²) in [5.41, 5.74) is 2.90. The first kappa shape index (κ1) is 14.6. The molecule has 2 bridgehead atoms. The highest BCUT2D eigenvalue weighted by molar-refractivity contribution is 5.50. The van der Waals surface area contributed by atoms with Gasteiger partial charge in [-0.15, -0.1) is 5.10 Å². The van der Waals surface area contributed by atoms with Crippen LogP contribution in [0.5, 0.6) is 0 Å². The average molecular weight is 334 g/mol. The summed E-state index contributed by atoms with van der Waals surface area (Å²) in [6.07, 6.45) is 15.4. The normalized spacial score (nSPS) is 24.7. The standard InChI is InChI=1S/C17H18N8/c1-3-17(4-2-14(1)22-17)15-10-25(24-23-15)9-12-5-20-16(21-6-12)13-7-18-11-19-8-13/h5-8,10-11,14,22H,1-4,9H2. The van der Waals surface area contributed by atoms with Crippen LogP contribution in [0.2, 0.25) is 0 Å². The smallest absolute Gasteiger partial charge is 0.162 e. The summed E-state index contributed by atoms with van der Waals surface area (Å²) in [6, 6.07) is 0.660. The Labute approximate surface area is 144 Å². The summed E-state index contributed by atoms with van der Waals surface area (Å²) < 4.78 is 1.86. The third-order valence-corrected chi connectivity index (χ3v) is 5.22. The highest BCUT2D eigenvalue weighted by Crippen LogP contribution is 2.43. The Kier molecular flexibility index (Phi) is 3.30. The van der Waals surface area contributed by atoms with Gasteiger partial charge in [-0.05, 0) is 25.7 Å². The van der Waals surface area contributed by atoms with Crippen molar-refractivity contribution in [2.45, 2.75) is 43.8 Å². The van der Waals surface area contributed by atoms with Crippen LogP contribution in [0, 0.1) is 0 Å². The van der Waals surface area contributed by atoms with Crippen LogP contribution in [0.15, 0.2) is 37.3 Å². The van der Waals surface area contributed by atoms with E-state index < -0.39 is 0 Å². The van der Waals surface area contributed by atoms with E-state index in [2.05, 4.69) is 41.8 Å². The van der Waals surface area contributed by atoms with E-state index in [0.717, 1.165) is 29.7 Å². The van der Waals surface area contributed by atoms with Gasteiger partial charge in [-0.3, -0.25) is 0 Å². The summed E-state index contributed by atoms with van der Waals surface area (Å²) in [7, 11) is 0. The lowest BCUT2D eigenvalue weighted by atomic mass is 9.86. The number of hydrogen-bond acceptors (Lipinski definition) is 7. The maximum atomic E-state index is 4.42. The SMILES string of the molecule is c1ncc(-c2ncc(Cn3cc(C45CCC(CC4)N5)nn3)cn2)cn1. The van der Waals surface area contributed by atoms with Crippen molar-refractivity contribution in [2.24, 2.45) is 0 Å². The molecular formula is C17H18N8. The molecule has 1 N–H and O–H groups in total. The Morgan fingerprint density at radius 1 is 1.08 bits per heavy atom. The van der Waals surface area contributed by atoms with E-state index in [-0.39, 0.29) is 5.54 Å². The second-order valence-corrected chi connectivity index (χ2v) is 6.84. The highest BCUT2D eigenvalue weighted by Gasteiger charge is 2.47. The van der Waals surface area contributed by atoms with Gasteiger partial charge >= 0.3 is 0 Å². The fraction of sp³-hybridized carbons (Fsp3) is 0.412. The quantitative estimate of drug-likeness (QED) is 0.769. The van der Waals surface area contributed by atoms with Gasteiger partial charge in [0, 0.05) is 36.4 Å². The molecule has 0 unspecified atom stereocenters. The van der Waals surface area contributed by atoms with E-state index in [9.17, 15) is 0 Å². The molecule has 3 aromatic rings. The molecule has 0 spiro atoms. The predicted octanol–water partition coefficient (Wildman–Crippen LogP) is 1.31. The molecule has 2 aliphatic heterocycles. The highest BCUT2D eigenvalue weighted by atomic mass is 15.4. The summed E-state index contributed by atoms with van der Waals surface area (Å²) in [5.74, 6) is 0.620. The van der Waals surface area contributed by atoms with Crippen LogP contribution >= 0.6 is 0 Å². The molecule has 126 valence electrons. The van der Waals surface area contributed by atoms with Gasteiger partial charge in [0.15, 0.2) is 5.82 Å². The predicted molar refractivity (Wildman–Crippen MR) is 89.3 cm³/mol. The topological polar surface area (TPSA) is 94.3 Å². The van der Waals surface area contributed by atoms with E-state index in [1.807, 2.05) is 17.1 Å². The second kappa shape index (κ2) is 5.66. The van der Waals surface area contributed by atoms with Gasteiger partial charge in [-0.1, -0.05) is 5.21 Å². The Morgan fingerprint density at radius 2 is 1.84 bits per heavy atom. The molecule has 0 atom stereocenters. The molecule has 0 amide bonds. The van der Waals surface area contributed by atoms with Crippen LogP contribution in [0.4, 0.5) is 0 Å². The van der Waals surface area contributed by atoms with Crippen molar-refractivity contribution in [3.05, 3.63) is 48.6 Å². The minimum Gasteiger partial charge on any atom is -0.303 e. The molecule has 0 saturated carbocycles. The van der Waals surface area contributed by atoms with Crippen molar-refractivity contribution in [2.75, 3.05) is 0 Å². The van der Waals surface area contributed by atoms with Crippen LogP contribution in [0.25, 0.3) is 11.4 Å². The van der Waals surface area contributed by atoms with Crippen LogP contribution in [0.1, 0.15) is 36.9 Å². The number of fused-ring (bicyclic) bond motifs is 2. The van der Waals surface area contributed by atoms with Crippen LogP contribution < -0.4 is 5.32 Å². The molecule has 2 aliphatic rings. The van der Waals surface area contributed by atoms with Gasteiger partial charge in [0.25, 0.3) is 0 Å². The monoisotopic (exact) mass is 334 g/mol. The number of rotatable bonds is 4. The van der Waals surface area contributed by atoms with Crippen molar-refractivity contribution in [3.8, 4) is 11.4 Å². The van der Waals surface area contributed by atoms with Gasteiger partial charge in [0.05, 0.1) is 23.8 Å². The van der Waals surface area contributed by atoms with Crippen molar-refractivity contribution in [1.82, 2.24) is 40.2 Å². The molecule has 5 rings (SSSR count). The van der Waals surface area contributed by atoms with Gasteiger partial charge in [-0.2, -0.15) is 0 Å². The largest absolute Gasteiger partial charge is 0.303 e. The van der Waals surface area contributed by atoms with Crippen LogP contribution in [-0.4, -0.2) is 41.0 Å². The van der Waals surface area contributed by atoms with E-state index in [1.165, 1.54) is 19.2 Å². The molecule has 0 aliphatic carbocycles. The fourth-order valence-electron chi connectivity index (χ4n) is 3.90. The molecule has 2 saturated heterocycles. The number of aromatic nitrogens is 7. The van der Waals surface area contributed by atoms with Gasteiger partial charge in [-0.25, -0.2) is 24.6 Å². The lowest BCUT2D eigenvalue weighted by molar-refractivity contribution is 0.389. The zero-order chi connectivity index (χ0) is 16.7.